The molecule has 35 heavy (non-hydrogen) atoms. The van der Waals surface area contributed by atoms with Gasteiger partial charge in [-0.25, -0.2) is 4.79 Å². The molecule has 0 spiro atoms. The lowest BCUT2D eigenvalue weighted by atomic mass is 10.0. The highest BCUT2D eigenvalue weighted by Gasteiger charge is 2.31. The van der Waals surface area contributed by atoms with E-state index in [1.54, 1.807) is 62.9 Å². The SMILES string of the molecule is CCC1OC(=O)N(Cc2ccccc2NC(=O)c2ccccn2)N=C1c1ccc(OC)c(OC)c1. The molecular formula is C26H26N4O5. The monoisotopic (exact) mass is 474 g/mol. The third kappa shape index (κ3) is 5.24. The molecule has 0 bridgehead atoms. The molecule has 2 amide bonds. The number of methoxy groups -OCH3 is 2. The maximum Gasteiger partial charge on any atom is 0.431 e. The van der Waals surface area contributed by atoms with Gasteiger partial charge in [-0.1, -0.05) is 31.2 Å². The Labute approximate surface area is 203 Å². The number of para-hydroxylation sites is 1. The number of nitrogens with zero attached hydrogens (tertiary/aromatic N) is 3. The smallest absolute Gasteiger partial charge is 0.431 e. The van der Waals surface area contributed by atoms with Gasteiger partial charge in [-0.15, -0.1) is 0 Å². The lowest BCUT2D eigenvalue weighted by Gasteiger charge is -2.30. The third-order valence-corrected chi connectivity index (χ3v) is 5.52. The van der Waals surface area contributed by atoms with Gasteiger partial charge in [0.05, 0.1) is 20.8 Å². The first-order valence-electron chi connectivity index (χ1n) is 11.1. The van der Waals surface area contributed by atoms with E-state index < -0.39 is 12.2 Å². The molecule has 0 radical (unpaired) electrons. The summed E-state index contributed by atoms with van der Waals surface area (Å²) < 4.78 is 16.4. The molecular weight excluding hydrogens is 448 g/mol. The van der Waals surface area contributed by atoms with Gasteiger partial charge in [-0.2, -0.15) is 10.1 Å². The highest BCUT2D eigenvalue weighted by Crippen LogP contribution is 2.30. The van der Waals surface area contributed by atoms with Crippen LogP contribution >= 0.6 is 0 Å². The lowest BCUT2D eigenvalue weighted by Crippen LogP contribution is -2.41. The van der Waals surface area contributed by atoms with Crippen molar-refractivity contribution in [2.75, 3.05) is 19.5 Å². The number of nitrogens with one attached hydrogen (secondary N) is 1. The number of carbonyl (C=O) groups is 2. The number of cyclic esters (lactones) is 1. The van der Waals surface area contributed by atoms with E-state index in [0.29, 0.717) is 40.6 Å². The molecule has 180 valence electrons. The van der Waals surface area contributed by atoms with Crippen molar-refractivity contribution in [3.05, 3.63) is 83.7 Å². The van der Waals surface area contributed by atoms with Gasteiger partial charge in [0.15, 0.2) is 11.5 Å². The Bertz CT molecular complexity index is 1250. The number of aromatic nitrogens is 1. The fraction of sp³-hybridized carbons (Fsp3) is 0.231. The third-order valence-electron chi connectivity index (χ3n) is 5.52. The summed E-state index contributed by atoms with van der Waals surface area (Å²) in [5.74, 6) is 0.792. The normalized spacial score (nSPS) is 15.2. The van der Waals surface area contributed by atoms with Crippen molar-refractivity contribution in [2.45, 2.75) is 26.0 Å². The van der Waals surface area contributed by atoms with Crippen LogP contribution in [0.3, 0.4) is 0 Å². The Kier molecular flexibility index (Phi) is 7.25. The topological polar surface area (TPSA) is 102 Å². The van der Waals surface area contributed by atoms with Crippen LogP contribution in [0.4, 0.5) is 10.5 Å². The van der Waals surface area contributed by atoms with Crippen LogP contribution < -0.4 is 14.8 Å². The average molecular weight is 475 g/mol. The number of hydrazone groups is 1. The molecule has 4 rings (SSSR count). The Hall–Kier alpha value is -4.40. The van der Waals surface area contributed by atoms with Crippen molar-refractivity contribution in [3.8, 4) is 11.5 Å². The summed E-state index contributed by atoms with van der Waals surface area (Å²) in [6.07, 6.45) is 1.05. The summed E-state index contributed by atoms with van der Waals surface area (Å²) in [4.78, 5) is 29.5. The number of ether oxygens (including phenoxy) is 3. The van der Waals surface area contributed by atoms with E-state index in [2.05, 4.69) is 15.4 Å². The van der Waals surface area contributed by atoms with Crippen LogP contribution in [0.15, 0.2) is 72.0 Å². The van der Waals surface area contributed by atoms with E-state index >= 15 is 0 Å². The van der Waals surface area contributed by atoms with E-state index in [-0.39, 0.29) is 12.5 Å². The van der Waals surface area contributed by atoms with Crippen molar-refractivity contribution in [1.82, 2.24) is 9.99 Å². The molecule has 0 saturated carbocycles. The van der Waals surface area contributed by atoms with E-state index in [0.717, 1.165) is 5.56 Å². The number of carbonyl (C=O) groups excluding carboxylic acids is 2. The summed E-state index contributed by atoms with van der Waals surface area (Å²) >= 11 is 0. The van der Waals surface area contributed by atoms with Crippen LogP contribution in [-0.2, 0) is 11.3 Å². The molecule has 9 nitrogen and oxygen atoms in total. The van der Waals surface area contributed by atoms with Crippen molar-refractivity contribution < 1.29 is 23.8 Å². The minimum Gasteiger partial charge on any atom is -0.493 e. The second-order valence-corrected chi connectivity index (χ2v) is 7.72. The van der Waals surface area contributed by atoms with Gasteiger partial charge in [0, 0.05) is 17.4 Å². The summed E-state index contributed by atoms with van der Waals surface area (Å²) in [7, 11) is 3.13. The first kappa shape index (κ1) is 23.7. The van der Waals surface area contributed by atoms with Gasteiger partial charge in [0.1, 0.15) is 17.5 Å². The number of pyridine rings is 1. The summed E-state index contributed by atoms with van der Waals surface area (Å²) in [6, 6.07) is 17.8. The van der Waals surface area contributed by atoms with Crippen molar-refractivity contribution >= 4 is 23.4 Å². The van der Waals surface area contributed by atoms with Gasteiger partial charge in [-0.3, -0.25) is 9.78 Å². The fourth-order valence-electron chi connectivity index (χ4n) is 3.71. The number of amides is 2. The van der Waals surface area contributed by atoms with Crippen LogP contribution in [0.25, 0.3) is 0 Å². The molecule has 2 aromatic carbocycles. The fourth-order valence-corrected chi connectivity index (χ4v) is 3.71. The predicted molar refractivity (Wildman–Crippen MR) is 131 cm³/mol. The zero-order valence-electron chi connectivity index (χ0n) is 19.7. The molecule has 0 saturated heterocycles. The quantitative estimate of drug-likeness (QED) is 0.516. The molecule has 0 aliphatic carbocycles. The minimum absolute atomic E-state index is 0.102. The summed E-state index contributed by atoms with van der Waals surface area (Å²) in [6.45, 7) is 2.02. The second kappa shape index (κ2) is 10.7. The Balaban J connectivity index is 1.63. The highest BCUT2D eigenvalue weighted by molar-refractivity contribution is 6.06. The van der Waals surface area contributed by atoms with Gasteiger partial charge >= 0.3 is 6.09 Å². The molecule has 1 aromatic heterocycles. The Morgan fingerprint density at radius 2 is 1.83 bits per heavy atom. The van der Waals surface area contributed by atoms with Crippen LogP contribution in [0.5, 0.6) is 11.5 Å². The maximum atomic E-state index is 12.8. The summed E-state index contributed by atoms with van der Waals surface area (Å²) in [5, 5.41) is 8.76. The molecule has 1 aliphatic heterocycles. The highest BCUT2D eigenvalue weighted by atomic mass is 16.6. The Morgan fingerprint density at radius 3 is 2.54 bits per heavy atom. The van der Waals surface area contributed by atoms with Crippen LogP contribution in [-0.4, -0.2) is 48.0 Å². The van der Waals surface area contributed by atoms with Gasteiger partial charge in [0.25, 0.3) is 5.91 Å². The number of rotatable bonds is 8. The molecule has 2 heterocycles. The Morgan fingerprint density at radius 1 is 1.06 bits per heavy atom. The molecule has 9 heteroatoms. The second-order valence-electron chi connectivity index (χ2n) is 7.72. The molecule has 0 fully saturated rings. The van der Waals surface area contributed by atoms with Gasteiger partial charge in [0.2, 0.25) is 0 Å². The van der Waals surface area contributed by atoms with Crippen LogP contribution in [0, 0.1) is 0 Å². The molecule has 3 aromatic rings. The zero-order chi connectivity index (χ0) is 24.8. The van der Waals surface area contributed by atoms with Crippen molar-refractivity contribution in [3.63, 3.8) is 0 Å². The zero-order valence-corrected chi connectivity index (χ0v) is 19.7. The largest absolute Gasteiger partial charge is 0.493 e. The standard InChI is InChI=1S/C26H26N4O5/c1-4-21-24(17-12-13-22(33-2)23(15-17)34-3)29-30(26(32)35-21)16-18-9-5-6-10-19(18)28-25(31)20-11-7-8-14-27-20/h5-15,21H,4,16H2,1-3H3,(H,28,31). The number of hydrogen-bond donors (Lipinski definition) is 1. The van der Waals surface area contributed by atoms with Crippen molar-refractivity contribution in [1.29, 1.82) is 0 Å². The van der Waals surface area contributed by atoms with Crippen LogP contribution in [0.1, 0.15) is 35.0 Å². The van der Waals surface area contributed by atoms with Gasteiger partial charge in [-0.05, 0) is 48.4 Å². The van der Waals surface area contributed by atoms with E-state index in [9.17, 15) is 9.59 Å². The molecule has 1 unspecified atom stereocenters. The van der Waals surface area contributed by atoms with E-state index in [1.165, 1.54) is 5.01 Å². The van der Waals surface area contributed by atoms with E-state index in [1.807, 2.05) is 25.1 Å². The number of hydrogen-bond acceptors (Lipinski definition) is 7. The first-order valence-corrected chi connectivity index (χ1v) is 11.1. The van der Waals surface area contributed by atoms with Crippen molar-refractivity contribution in [2.24, 2.45) is 5.10 Å². The van der Waals surface area contributed by atoms with Crippen LogP contribution in [0.2, 0.25) is 0 Å². The molecule has 1 atom stereocenters. The maximum absolute atomic E-state index is 12.8. The summed E-state index contributed by atoms with van der Waals surface area (Å²) in [5.41, 5.74) is 2.89. The number of anilines is 1. The molecule has 1 N–H and O–H groups in total. The number of benzene rings is 2. The minimum atomic E-state index is -0.563. The van der Waals surface area contributed by atoms with Gasteiger partial charge < -0.3 is 19.5 Å². The van der Waals surface area contributed by atoms with E-state index in [4.69, 9.17) is 14.2 Å². The predicted octanol–water partition coefficient (Wildman–Crippen LogP) is 4.49. The molecule has 1 aliphatic rings. The lowest BCUT2D eigenvalue weighted by molar-refractivity contribution is 0.0713. The first-order chi connectivity index (χ1) is 17.0. The average Bonchev–Trinajstić information content (AvgIpc) is 2.90.